The van der Waals surface area contributed by atoms with E-state index in [1.807, 2.05) is 6.92 Å². The first-order valence-corrected chi connectivity index (χ1v) is 8.24. The van der Waals surface area contributed by atoms with E-state index in [-0.39, 0.29) is 0 Å². The molecule has 2 aliphatic rings. The predicted octanol–water partition coefficient (Wildman–Crippen LogP) is 1.67. The summed E-state index contributed by atoms with van der Waals surface area (Å²) in [6.45, 7) is 5.00. The quantitative estimate of drug-likeness (QED) is 0.927. The molecule has 3 heterocycles. The summed E-state index contributed by atoms with van der Waals surface area (Å²) in [5, 5.41) is 22.1. The summed E-state index contributed by atoms with van der Waals surface area (Å²) in [7, 11) is 0. The van der Waals surface area contributed by atoms with Crippen LogP contribution < -0.4 is 10.2 Å². The second-order valence-corrected chi connectivity index (χ2v) is 6.99. The van der Waals surface area contributed by atoms with Gasteiger partial charge in [0.25, 0.3) is 0 Å². The average molecular weight is 302 g/mol. The Labute approximate surface area is 127 Å². The van der Waals surface area contributed by atoms with Crippen molar-refractivity contribution in [3.63, 3.8) is 0 Å². The van der Waals surface area contributed by atoms with Crippen LogP contribution in [-0.4, -0.2) is 40.0 Å². The van der Waals surface area contributed by atoms with Crippen LogP contribution in [0.3, 0.4) is 0 Å². The van der Waals surface area contributed by atoms with Gasteiger partial charge in [-0.05, 0) is 37.8 Å². The predicted molar refractivity (Wildman–Crippen MR) is 82.9 cm³/mol. The molecule has 0 spiro atoms. The fourth-order valence-corrected chi connectivity index (χ4v) is 3.56. The molecule has 1 aliphatic carbocycles. The second-order valence-electron chi connectivity index (χ2n) is 5.81. The highest BCUT2D eigenvalue weighted by atomic mass is 32.1. The normalized spacial score (nSPS) is 17.7. The number of nitrogens with zero attached hydrogens (tertiary/aromatic N) is 5. The van der Waals surface area contributed by atoms with E-state index < -0.39 is 0 Å². The van der Waals surface area contributed by atoms with Crippen molar-refractivity contribution >= 4 is 22.3 Å². The molecule has 0 aromatic carbocycles. The van der Waals surface area contributed by atoms with E-state index in [2.05, 4.69) is 36.7 Å². The molecule has 4 rings (SSSR count). The molecule has 1 aliphatic heterocycles. The summed E-state index contributed by atoms with van der Waals surface area (Å²) in [5.41, 5.74) is 2.59. The fourth-order valence-electron chi connectivity index (χ4n) is 2.96. The maximum absolute atomic E-state index is 4.36. The van der Waals surface area contributed by atoms with Crippen molar-refractivity contribution in [3.8, 4) is 0 Å². The van der Waals surface area contributed by atoms with Crippen LogP contribution in [0.25, 0.3) is 0 Å². The van der Waals surface area contributed by atoms with Crippen molar-refractivity contribution < 1.29 is 0 Å². The molecule has 0 unspecified atom stereocenters. The Morgan fingerprint density at radius 1 is 1.24 bits per heavy atom. The van der Waals surface area contributed by atoms with E-state index >= 15 is 0 Å². The number of anilines is 2. The zero-order valence-electron chi connectivity index (χ0n) is 12.0. The Hall–Kier alpha value is -1.76. The van der Waals surface area contributed by atoms with Crippen molar-refractivity contribution in [2.75, 3.05) is 29.9 Å². The monoisotopic (exact) mass is 302 g/mol. The number of hydrogen-bond donors (Lipinski definition) is 1. The van der Waals surface area contributed by atoms with Gasteiger partial charge in [0.05, 0.1) is 5.69 Å². The summed E-state index contributed by atoms with van der Waals surface area (Å²) < 4.78 is 0. The molecule has 2 aromatic rings. The molecule has 0 atom stereocenters. The molecule has 1 N–H and O–H groups in total. The Morgan fingerprint density at radius 2 is 2.14 bits per heavy atom. The highest BCUT2D eigenvalue weighted by molar-refractivity contribution is 7.15. The van der Waals surface area contributed by atoms with Crippen molar-refractivity contribution in [1.29, 1.82) is 0 Å². The smallest absolute Gasteiger partial charge is 0.205 e. The van der Waals surface area contributed by atoms with Crippen LogP contribution in [0, 0.1) is 12.8 Å². The first-order valence-electron chi connectivity index (χ1n) is 7.42. The number of fused-ring (bicyclic) bond motifs is 1. The van der Waals surface area contributed by atoms with Crippen LogP contribution in [-0.2, 0) is 12.8 Å². The van der Waals surface area contributed by atoms with Gasteiger partial charge in [0.2, 0.25) is 5.13 Å². The maximum atomic E-state index is 4.36. The molecule has 7 heteroatoms. The van der Waals surface area contributed by atoms with E-state index in [1.165, 1.54) is 17.7 Å². The molecule has 0 bridgehead atoms. The molecule has 21 heavy (non-hydrogen) atoms. The minimum absolute atomic E-state index is 0.643. The van der Waals surface area contributed by atoms with Gasteiger partial charge in [-0.2, -0.15) is 5.10 Å². The van der Waals surface area contributed by atoms with Crippen molar-refractivity contribution in [2.45, 2.75) is 26.2 Å². The topological polar surface area (TPSA) is 66.8 Å². The first-order chi connectivity index (χ1) is 10.3. The largest absolute Gasteiger partial charge is 0.360 e. The van der Waals surface area contributed by atoms with Gasteiger partial charge in [-0.25, -0.2) is 0 Å². The van der Waals surface area contributed by atoms with Crippen LogP contribution >= 0.6 is 11.3 Å². The lowest BCUT2D eigenvalue weighted by atomic mass is 10.00. The van der Waals surface area contributed by atoms with Gasteiger partial charge in [0, 0.05) is 25.6 Å². The number of rotatable bonds is 4. The molecule has 1 fully saturated rings. The molecular formula is C14H18N6S. The standard InChI is InChI=1S/C14H18N6S/c1-9-16-19-14(21-9)15-6-10-7-20(8-10)13-5-11-3-2-4-12(11)17-18-13/h5,10H,2-4,6-8H2,1H3,(H,15,19). The highest BCUT2D eigenvalue weighted by Gasteiger charge is 2.29. The van der Waals surface area contributed by atoms with E-state index in [1.54, 1.807) is 11.3 Å². The SMILES string of the molecule is Cc1nnc(NCC2CN(c3cc4c(nn3)CCC4)C2)s1. The summed E-state index contributed by atoms with van der Waals surface area (Å²) >= 11 is 1.61. The van der Waals surface area contributed by atoms with Crippen LogP contribution in [0.1, 0.15) is 22.7 Å². The zero-order chi connectivity index (χ0) is 14.2. The molecule has 1 saturated heterocycles. The fraction of sp³-hybridized carbons (Fsp3) is 0.571. The van der Waals surface area contributed by atoms with Gasteiger partial charge in [0.15, 0.2) is 5.82 Å². The zero-order valence-corrected chi connectivity index (χ0v) is 12.9. The average Bonchev–Trinajstić information content (AvgIpc) is 3.05. The van der Waals surface area contributed by atoms with E-state index in [0.717, 1.165) is 48.4 Å². The molecular weight excluding hydrogens is 284 g/mol. The number of nitrogens with one attached hydrogen (secondary N) is 1. The lowest BCUT2D eigenvalue weighted by Gasteiger charge is -2.40. The summed E-state index contributed by atoms with van der Waals surface area (Å²) in [6, 6.07) is 2.23. The molecule has 0 radical (unpaired) electrons. The second kappa shape index (κ2) is 5.22. The van der Waals surface area contributed by atoms with Crippen LogP contribution in [0.4, 0.5) is 10.9 Å². The van der Waals surface area contributed by atoms with E-state index in [9.17, 15) is 0 Å². The van der Waals surface area contributed by atoms with Crippen LogP contribution in [0.2, 0.25) is 0 Å². The Bertz CT molecular complexity index is 649. The lowest BCUT2D eigenvalue weighted by molar-refractivity contribution is 0.425. The Morgan fingerprint density at radius 3 is 2.95 bits per heavy atom. The number of aromatic nitrogens is 4. The van der Waals surface area contributed by atoms with Crippen molar-refractivity contribution in [3.05, 3.63) is 22.3 Å². The third kappa shape index (κ3) is 2.57. The van der Waals surface area contributed by atoms with Gasteiger partial charge >= 0.3 is 0 Å². The minimum Gasteiger partial charge on any atom is -0.360 e. The van der Waals surface area contributed by atoms with Crippen LogP contribution in [0.5, 0.6) is 0 Å². The third-order valence-corrected chi connectivity index (χ3v) is 4.95. The van der Waals surface area contributed by atoms with E-state index in [4.69, 9.17) is 0 Å². The van der Waals surface area contributed by atoms with E-state index in [0.29, 0.717) is 5.92 Å². The van der Waals surface area contributed by atoms with Gasteiger partial charge < -0.3 is 10.2 Å². The summed E-state index contributed by atoms with van der Waals surface area (Å²) in [5.74, 6) is 1.68. The Kier molecular flexibility index (Phi) is 3.21. The number of hydrogen-bond acceptors (Lipinski definition) is 7. The van der Waals surface area contributed by atoms with Crippen molar-refractivity contribution in [1.82, 2.24) is 20.4 Å². The molecule has 2 aromatic heterocycles. The molecule has 0 amide bonds. The lowest BCUT2D eigenvalue weighted by Crippen LogP contribution is -2.50. The van der Waals surface area contributed by atoms with Gasteiger partial charge in [-0.1, -0.05) is 11.3 Å². The molecule has 6 nitrogen and oxygen atoms in total. The highest BCUT2D eigenvalue weighted by Crippen LogP contribution is 2.27. The van der Waals surface area contributed by atoms with Gasteiger partial charge in [0.1, 0.15) is 5.01 Å². The van der Waals surface area contributed by atoms with Gasteiger partial charge in [-0.15, -0.1) is 15.3 Å². The van der Waals surface area contributed by atoms with Gasteiger partial charge in [-0.3, -0.25) is 0 Å². The summed E-state index contributed by atoms with van der Waals surface area (Å²) in [4.78, 5) is 2.31. The third-order valence-electron chi connectivity index (χ3n) is 4.16. The molecule has 110 valence electrons. The number of aryl methyl sites for hydroxylation is 3. The maximum Gasteiger partial charge on any atom is 0.205 e. The Balaban J connectivity index is 1.31. The molecule has 0 saturated carbocycles. The first kappa shape index (κ1) is 12.9. The summed E-state index contributed by atoms with van der Waals surface area (Å²) in [6.07, 6.45) is 3.48. The van der Waals surface area contributed by atoms with Crippen molar-refractivity contribution in [2.24, 2.45) is 5.92 Å². The minimum atomic E-state index is 0.643. The van der Waals surface area contributed by atoms with Crippen LogP contribution in [0.15, 0.2) is 6.07 Å².